The summed E-state index contributed by atoms with van der Waals surface area (Å²) >= 11 is 0. The molecule has 0 aliphatic heterocycles. The molecule has 0 aromatic heterocycles. The van der Waals surface area contributed by atoms with Gasteiger partial charge in [0.25, 0.3) is 0 Å². The Bertz CT molecular complexity index is 583. The van der Waals surface area contributed by atoms with Crippen LogP contribution in [0.5, 0.6) is 5.75 Å². The van der Waals surface area contributed by atoms with Crippen LogP contribution in [0.3, 0.4) is 0 Å². The summed E-state index contributed by atoms with van der Waals surface area (Å²) in [4.78, 5) is 12.0. The van der Waals surface area contributed by atoms with Crippen LogP contribution in [-0.4, -0.2) is 11.3 Å². The van der Waals surface area contributed by atoms with Gasteiger partial charge in [-0.05, 0) is 43.7 Å². The molecule has 0 unspecified atom stereocenters. The number of ether oxygens (including phenoxy) is 1. The monoisotopic (exact) mass is 283 g/mol. The van der Waals surface area contributed by atoms with Crippen molar-refractivity contribution >= 4 is 5.78 Å². The van der Waals surface area contributed by atoms with Gasteiger partial charge >= 0.3 is 0 Å². The lowest BCUT2D eigenvalue weighted by molar-refractivity contribution is 0.0960. The molecular weight excluding hydrogens is 262 g/mol. The van der Waals surface area contributed by atoms with Crippen LogP contribution < -0.4 is 10.5 Å². The molecule has 0 saturated carbocycles. The lowest BCUT2D eigenvalue weighted by Gasteiger charge is -2.17. The van der Waals surface area contributed by atoms with Crippen molar-refractivity contribution < 1.29 is 9.53 Å². The molecular formula is C18H21NO2. The van der Waals surface area contributed by atoms with Gasteiger partial charge in [0.05, 0.1) is 0 Å². The molecule has 0 amide bonds. The quantitative estimate of drug-likeness (QED) is 0.824. The third kappa shape index (κ3) is 5.04. The number of hydrogen-bond acceptors (Lipinski definition) is 3. The average molecular weight is 283 g/mol. The number of rotatable bonds is 6. The highest BCUT2D eigenvalue weighted by molar-refractivity contribution is 5.96. The molecule has 2 rings (SSSR count). The Morgan fingerprint density at radius 3 is 2.24 bits per heavy atom. The largest absolute Gasteiger partial charge is 0.489 e. The molecule has 2 aromatic rings. The van der Waals surface area contributed by atoms with E-state index in [1.807, 2.05) is 56.3 Å². The molecule has 0 atom stereocenters. The van der Waals surface area contributed by atoms with Gasteiger partial charge < -0.3 is 10.5 Å². The lowest BCUT2D eigenvalue weighted by atomic mass is 9.95. The Hall–Kier alpha value is -2.13. The number of carbonyl (C=O) groups is 1. The topological polar surface area (TPSA) is 52.3 Å². The van der Waals surface area contributed by atoms with E-state index < -0.39 is 5.54 Å². The highest BCUT2D eigenvalue weighted by Crippen LogP contribution is 2.17. The molecule has 0 bridgehead atoms. The van der Waals surface area contributed by atoms with E-state index >= 15 is 0 Å². The van der Waals surface area contributed by atoms with E-state index in [-0.39, 0.29) is 5.78 Å². The average Bonchev–Trinajstić information content (AvgIpc) is 2.45. The fraction of sp³-hybridized carbons (Fsp3) is 0.278. The van der Waals surface area contributed by atoms with Gasteiger partial charge in [0.2, 0.25) is 0 Å². The van der Waals surface area contributed by atoms with E-state index in [4.69, 9.17) is 10.5 Å². The Labute approximate surface area is 125 Å². The van der Waals surface area contributed by atoms with E-state index in [2.05, 4.69) is 0 Å². The van der Waals surface area contributed by atoms with Gasteiger partial charge in [-0.3, -0.25) is 4.79 Å². The molecule has 2 N–H and O–H groups in total. The second kappa shape index (κ2) is 6.55. The fourth-order valence-electron chi connectivity index (χ4n) is 1.99. The molecule has 3 heteroatoms. The molecule has 0 aliphatic carbocycles. The zero-order chi connectivity index (χ0) is 15.3. The first-order chi connectivity index (χ1) is 9.94. The molecule has 0 aliphatic rings. The van der Waals surface area contributed by atoms with Gasteiger partial charge in [0.15, 0.2) is 5.78 Å². The number of carbonyl (C=O) groups excluding carboxylic acids is 1. The number of ketones is 1. The Morgan fingerprint density at radius 2 is 1.67 bits per heavy atom. The van der Waals surface area contributed by atoms with Gasteiger partial charge in [-0.2, -0.15) is 0 Å². The van der Waals surface area contributed by atoms with Crippen LogP contribution in [0.1, 0.15) is 36.2 Å². The molecule has 21 heavy (non-hydrogen) atoms. The van der Waals surface area contributed by atoms with Gasteiger partial charge in [-0.15, -0.1) is 0 Å². The highest BCUT2D eigenvalue weighted by Gasteiger charge is 2.17. The van der Waals surface area contributed by atoms with Gasteiger partial charge in [-0.25, -0.2) is 0 Å². The zero-order valence-electron chi connectivity index (χ0n) is 12.5. The van der Waals surface area contributed by atoms with Crippen LogP contribution in [0.2, 0.25) is 0 Å². The summed E-state index contributed by atoms with van der Waals surface area (Å²) < 4.78 is 5.69. The molecule has 110 valence electrons. The molecule has 0 spiro atoms. The van der Waals surface area contributed by atoms with Crippen molar-refractivity contribution in [2.24, 2.45) is 5.73 Å². The number of nitrogens with two attached hydrogens (primary N) is 1. The van der Waals surface area contributed by atoms with Crippen LogP contribution in [0.25, 0.3) is 0 Å². The number of hydrogen-bond donors (Lipinski definition) is 1. The van der Waals surface area contributed by atoms with Crippen LogP contribution >= 0.6 is 0 Å². The van der Waals surface area contributed by atoms with E-state index in [9.17, 15) is 4.79 Å². The van der Waals surface area contributed by atoms with Crippen molar-refractivity contribution in [1.29, 1.82) is 0 Å². The number of benzene rings is 2. The van der Waals surface area contributed by atoms with Crippen molar-refractivity contribution in [1.82, 2.24) is 0 Å². The smallest absolute Gasteiger partial charge is 0.164 e. The minimum Gasteiger partial charge on any atom is -0.489 e. The van der Waals surface area contributed by atoms with Gasteiger partial charge in [0, 0.05) is 17.5 Å². The number of Topliss-reactive ketones (excluding diaryl/α,β-unsaturated/α-hetero) is 1. The lowest BCUT2D eigenvalue weighted by Crippen LogP contribution is -2.34. The van der Waals surface area contributed by atoms with E-state index in [0.29, 0.717) is 18.6 Å². The van der Waals surface area contributed by atoms with Gasteiger partial charge in [-0.1, -0.05) is 30.3 Å². The predicted molar refractivity (Wildman–Crippen MR) is 84.4 cm³/mol. The van der Waals surface area contributed by atoms with Crippen molar-refractivity contribution in [3.8, 4) is 5.75 Å². The maximum Gasteiger partial charge on any atom is 0.164 e. The highest BCUT2D eigenvalue weighted by atomic mass is 16.5. The zero-order valence-corrected chi connectivity index (χ0v) is 12.5. The second-order valence-electron chi connectivity index (χ2n) is 5.89. The molecule has 2 aromatic carbocycles. The normalized spacial score (nSPS) is 11.2. The summed E-state index contributed by atoms with van der Waals surface area (Å²) in [5.74, 6) is 0.805. The van der Waals surface area contributed by atoms with Crippen LogP contribution in [0, 0.1) is 0 Å². The van der Waals surface area contributed by atoms with Crippen molar-refractivity contribution in [3.63, 3.8) is 0 Å². The van der Waals surface area contributed by atoms with E-state index in [0.717, 1.165) is 11.3 Å². The van der Waals surface area contributed by atoms with E-state index in [1.165, 1.54) is 0 Å². The first-order valence-corrected chi connectivity index (χ1v) is 7.03. The molecule has 0 radical (unpaired) electrons. The Balaban J connectivity index is 1.94. The van der Waals surface area contributed by atoms with Crippen LogP contribution in [-0.2, 0) is 6.61 Å². The van der Waals surface area contributed by atoms with Crippen LogP contribution in [0.15, 0.2) is 54.6 Å². The van der Waals surface area contributed by atoms with Crippen molar-refractivity contribution in [2.75, 3.05) is 0 Å². The summed E-state index contributed by atoms with van der Waals surface area (Å²) in [6, 6.07) is 17.2. The minimum atomic E-state index is -0.487. The van der Waals surface area contributed by atoms with E-state index in [1.54, 1.807) is 12.1 Å². The van der Waals surface area contributed by atoms with Crippen LogP contribution in [0.4, 0.5) is 0 Å². The summed E-state index contributed by atoms with van der Waals surface area (Å²) in [5, 5.41) is 0. The van der Waals surface area contributed by atoms with Crippen molar-refractivity contribution in [3.05, 3.63) is 65.7 Å². The summed E-state index contributed by atoms with van der Waals surface area (Å²) in [6.07, 6.45) is 0.331. The third-order valence-electron chi connectivity index (χ3n) is 3.04. The Morgan fingerprint density at radius 1 is 1.05 bits per heavy atom. The van der Waals surface area contributed by atoms with Gasteiger partial charge in [0.1, 0.15) is 12.4 Å². The second-order valence-corrected chi connectivity index (χ2v) is 5.89. The maximum absolute atomic E-state index is 12.0. The molecule has 0 heterocycles. The molecule has 3 nitrogen and oxygen atoms in total. The Kier molecular flexibility index (Phi) is 4.76. The minimum absolute atomic E-state index is 0.0529. The maximum atomic E-state index is 12.0. The fourth-order valence-corrected chi connectivity index (χ4v) is 1.99. The molecule has 0 saturated heterocycles. The summed E-state index contributed by atoms with van der Waals surface area (Å²) in [6.45, 7) is 4.22. The first-order valence-electron chi connectivity index (χ1n) is 7.03. The SMILES string of the molecule is CC(C)(N)CC(=O)c1ccc(OCc2ccccc2)cc1. The summed E-state index contributed by atoms with van der Waals surface area (Å²) in [7, 11) is 0. The van der Waals surface area contributed by atoms with Crippen molar-refractivity contribution in [2.45, 2.75) is 32.4 Å². The standard InChI is InChI=1S/C18H21NO2/c1-18(2,19)12-17(20)15-8-10-16(11-9-15)21-13-14-6-4-3-5-7-14/h3-11H,12-13,19H2,1-2H3. The first kappa shape index (κ1) is 15.3. The predicted octanol–water partition coefficient (Wildman–Crippen LogP) is 3.58. The summed E-state index contributed by atoms with van der Waals surface area (Å²) in [5.41, 5.74) is 7.16. The third-order valence-corrected chi connectivity index (χ3v) is 3.04. The molecule has 0 fully saturated rings.